The van der Waals surface area contributed by atoms with Crippen molar-refractivity contribution < 1.29 is 4.39 Å². The van der Waals surface area contributed by atoms with Crippen LogP contribution in [0.4, 0.5) is 4.39 Å². The lowest BCUT2D eigenvalue weighted by molar-refractivity contribution is 0.0514. The minimum atomic E-state index is -0.248. The first-order chi connectivity index (χ1) is 7.29. The van der Waals surface area contributed by atoms with Crippen LogP contribution in [-0.2, 0) is 0 Å². The summed E-state index contributed by atoms with van der Waals surface area (Å²) in [6.45, 7) is 4.14. The maximum atomic E-state index is 12.5. The normalized spacial score (nSPS) is 20.8. The van der Waals surface area contributed by atoms with Gasteiger partial charge in [0.2, 0.25) is 0 Å². The Morgan fingerprint density at radius 3 is 2.33 bits per heavy atom. The van der Waals surface area contributed by atoms with Crippen LogP contribution in [0.1, 0.15) is 45.4 Å². The molecule has 0 aromatic carbocycles. The summed E-state index contributed by atoms with van der Waals surface area (Å²) in [6, 6.07) is 0. The van der Waals surface area contributed by atoms with E-state index in [1.807, 2.05) is 0 Å². The monoisotopic (exact) mass is 216 g/mol. The van der Waals surface area contributed by atoms with E-state index in [0.717, 1.165) is 25.8 Å². The van der Waals surface area contributed by atoms with Crippen molar-refractivity contribution in [2.75, 3.05) is 26.3 Å². The minimum absolute atomic E-state index is 0.111. The predicted octanol–water partition coefficient (Wildman–Crippen LogP) is 2.33. The molecule has 0 aliphatic heterocycles. The van der Waals surface area contributed by atoms with Crippen molar-refractivity contribution in [3.8, 4) is 0 Å². The van der Waals surface area contributed by atoms with Crippen molar-refractivity contribution in [1.29, 1.82) is 0 Å². The van der Waals surface area contributed by atoms with Crippen LogP contribution in [0.2, 0.25) is 0 Å². The van der Waals surface area contributed by atoms with Crippen LogP contribution in [0, 0.1) is 0 Å². The first-order valence-electron chi connectivity index (χ1n) is 6.30. The van der Waals surface area contributed by atoms with Gasteiger partial charge in [0.1, 0.15) is 6.67 Å². The number of nitrogens with zero attached hydrogens (tertiary/aromatic N) is 1. The molecular formula is C12H25FN2. The van der Waals surface area contributed by atoms with E-state index in [1.54, 1.807) is 0 Å². The van der Waals surface area contributed by atoms with Gasteiger partial charge in [0.15, 0.2) is 0 Å². The zero-order valence-electron chi connectivity index (χ0n) is 9.97. The van der Waals surface area contributed by atoms with Crippen LogP contribution >= 0.6 is 0 Å². The topological polar surface area (TPSA) is 29.3 Å². The molecule has 0 radical (unpaired) electrons. The van der Waals surface area contributed by atoms with Crippen molar-refractivity contribution in [3.63, 3.8) is 0 Å². The zero-order chi connectivity index (χ0) is 11.1. The fourth-order valence-corrected chi connectivity index (χ4v) is 2.82. The Labute approximate surface area is 93.0 Å². The van der Waals surface area contributed by atoms with Gasteiger partial charge >= 0.3 is 0 Å². The first-order valence-corrected chi connectivity index (χ1v) is 6.30. The van der Waals surface area contributed by atoms with Crippen LogP contribution in [0.25, 0.3) is 0 Å². The Hall–Kier alpha value is -0.150. The molecule has 2 N–H and O–H groups in total. The maximum Gasteiger partial charge on any atom is 0.102 e. The summed E-state index contributed by atoms with van der Waals surface area (Å²) in [5.74, 6) is 0. The van der Waals surface area contributed by atoms with Gasteiger partial charge < -0.3 is 5.73 Å². The summed E-state index contributed by atoms with van der Waals surface area (Å²) in [7, 11) is 0. The molecule has 1 fully saturated rings. The molecule has 1 rings (SSSR count). The molecule has 2 nitrogen and oxygen atoms in total. The summed E-state index contributed by atoms with van der Waals surface area (Å²) in [5, 5.41) is 0. The highest BCUT2D eigenvalue weighted by Gasteiger charge is 2.35. The number of hydrogen-bond acceptors (Lipinski definition) is 2. The molecule has 0 saturated heterocycles. The molecule has 1 saturated carbocycles. The lowest BCUT2D eigenvalue weighted by Gasteiger charge is -2.45. The molecule has 0 amide bonds. The summed E-state index contributed by atoms with van der Waals surface area (Å²) in [4.78, 5) is 2.30. The Morgan fingerprint density at radius 1 is 1.20 bits per heavy atom. The summed E-state index contributed by atoms with van der Waals surface area (Å²) >= 11 is 0. The Kier molecular flexibility index (Phi) is 5.54. The average Bonchev–Trinajstić information content (AvgIpc) is 2.30. The van der Waals surface area contributed by atoms with Crippen LogP contribution in [0.3, 0.4) is 0 Å². The highest BCUT2D eigenvalue weighted by molar-refractivity contribution is 4.93. The van der Waals surface area contributed by atoms with E-state index in [9.17, 15) is 4.39 Å². The summed E-state index contributed by atoms with van der Waals surface area (Å²) in [5.41, 5.74) is 6.05. The Morgan fingerprint density at radius 2 is 1.87 bits per heavy atom. The van der Waals surface area contributed by atoms with Crippen molar-refractivity contribution in [1.82, 2.24) is 4.90 Å². The van der Waals surface area contributed by atoms with Crippen molar-refractivity contribution in [2.24, 2.45) is 5.73 Å². The second-order valence-electron chi connectivity index (χ2n) is 4.67. The molecule has 0 atom stereocenters. The van der Waals surface area contributed by atoms with E-state index in [0.29, 0.717) is 13.1 Å². The number of nitrogens with two attached hydrogens (primary N) is 1. The molecule has 90 valence electrons. The van der Waals surface area contributed by atoms with Gasteiger partial charge in [0.25, 0.3) is 0 Å². The molecule has 0 unspecified atom stereocenters. The Bertz CT molecular complexity index is 161. The number of hydrogen-bond donors (Lipinski definition) is 1. The average molecular weight is 216 g/mol. The van der Waals surface area contributed by atoms with Crippen molar-refractivity contribution in [2.45, 2.75) is 51.0 Å². The Balaban J connectivity index is 2.65. The molecule has 1 aliphatic rings. The number of alkyl halides is 1. The van der Waals surface area contributed by atoms with Gasteiger partial charge in [-0.25, -0.2) is 4.39 Å². The lowest BCUT2D eigenvalue weighted by atomic mass is 9.80. The fourth-order valence-electron chi connectivity index (χ4n) is 2.82. The van der Waals surface area contributed by atoms with Gasteiger partial charge in [0, 0.05) is 18.6 Å². The van der Waals surface area contributed by atoms with Gasteiger partial charge in [-0.15, -0.1) is 0 Å². The number of rotatable bonds is 6. The third-order valence-electron chi connectivity index (χ3n) is 3.68. The third kappa shape index (κ3) is 3.15. The highest BCUT2D eigenvalue weighted by atomic mass is 19.1. The quantitative estimate of drug-likeness (QED) is 0.738. The lowest BCUT2D eigenvalue weighted by Crippen LogP contribution is -2.55. The van der Waals surface area contributed by atoms with Gasteiger partial charge in [-0.3, -0.25) is 4.90 Å². The smallest absolute Gasteiger partial charge is 0.102 e. The van der Waals surface area contributed by atoms with E-state index >= 15 is 0 Å². The van der Waals surface area contributed by atoms with Gasteiger partial charge in [-0.1, -0.05) is 26.2 Å². The van der Waals surface area contributed by atoms with Crippen LogP contribution in [0.5, 0.6) is 0 Å². The summed E-state index contributed by atoms with van der Waals surface area (Å²) < 4.78 is 12.5. The predicted molar refractivity (Wildman–Crippen MR) is 62.7 cm³/mol. The number of halogens is 1. The van der Waals surface area contributed by atoms with Crippen molar-refractivity contribution >= 4 is 0 Å². The van der Waals surface area contributed by atoms with Crippen LogP contribution < -0.4 is 5.73 Å². The van der Waals surface area contributed by atoms with Crippen LogP contribution in [0.15, 0.2) is 0 Å². The van der Waals surface area contributed by atoms with E-state index in [-0.39, 0.29) is 12.2 Å². The van der Waals surface area contributed by atoms with E-state index in [2.05, 4.69) is 11.8 Å². The molecular weight excluding hydrogens is 191 g/mol. The summed E-state index contributed by atoms with van der Waals surface area (Å²) in [6.07, 6.45) is 7.22. The maximum absolute atomic E-state index is 12.5. The molecule has 3 heteroatoms. The molecule has 15 heavy (non-hydrogen) atoms. The van der Waals surface area contributed by atoms with Crippen LogP contribution in [-0.4, -0.2) is 36.7 Å². The fraction of sp³-hybridized carbons (Fsp3) is 1.00. The molecule has 0 aromatic rings. The third-order valence-corrected chi connectivity index (χ3v) is 3.68. The molecule has 0 aromatic heterocycles. The molecule has 0 heterocycles. The zero-order valence-corrected chi connectivity index (χ0v) is 9.97. The SMILES string of the molecule is CCCN(CCF)C1(CN)CCCCC1. The molecule has 0 bridgehead atoms. The van der Waals surface area contributed by atoms with E-state index < -0.39 is 0 Å². The first kappa shape index (κ1) is 12.9. The minimum Gasteiger partial charge on any atom is -0.329 e. The molecule has 0 spiro atoms. The van der Waals surface area contributed by atoms with Gasteiger partial charge in [0.05, 0.1) is 0 Å². The second-order valence-corrected chi connectivity index (χ2v) is 4.67. The van der Waals surface area contributed by atoms with Crippen molar-refractivity contribution in [3.05, 3.63) is 0 Å². The van der Waals surface area contributed by atoms with E-state index in [1.165, 1.54) is 19.3 Å². The van der Waals surface area contributed by atoms with E-state index in [4.69, 9.17) is 5.73 Å². The van der Waals surface area contributed by atoms with Gasteiger partial charge in [-0.2, -0.15) is 0 Å². The molecule has 1 aliphatic carbocycles. The second kappa shape index (κ2) is 6.44. The van der Waals surface area contributed by atoms with Gasteiger partial charge in [-0.05, 0) is 25.8 Å². The standard InChI is InChI=1S/C12H25FN2/c1-2-9-15(10-8-13)12(11-14)6-4-3-5-7-12/h2-11,14H2,1H3. The highest BCUT2D eigenvalue weighted by Crippen LogP contribution is 2.32. The largest absolute Gasteiger partial charge is 0.329 e.